The van der Waals surface area contributed by atoms with Gasteiger partial charge in [0.1, 0.15) is 5.76 Å². The van der Waals surface area contributed by atoms with E-state index in [-0.39, 0.29) is 18.5 Å². The molecule has 0 saturated carbocycles. The monoisotopic (exact) mass is 402 g/mol. The summed E-state index contributed by atoms with van der Waals surface area (Å²) in [6.45, 7) is 5.54. The van der Waals surface area contributed by atoms with Crippen molar-refractivity contribution < 1.29 is 14.0 Å². The second kappa shape index (κ2) is 9.14. The second-order valence-electron chi connectivity index (χ2n) is 7.02. The number of benzene rings is 1. The molecular formula is C20H26N4O3S. The molecule has 1 aromatic heterocycles. The lowest BCUT2D eigenvalue weighted by Gasteiger charge is -2.29. The van der Waals surface area contributed by atoms with Crippen molar-refractivity contribution in [3.8, 4) is 0 Å². The number of rotatable bonds is 5. The molecule has 1 fully saturated rings. The first kappa shape index (κ1) is 20.3. The van der Waals surface area contributed by atoms with Gasteiger partial charge in [0.2, 0.25) is 5.89 Å². The molecule has 1 aromatic carbocycles. The predicted octanol–water partition coefficient (Wildman–Crippen LogP) is 3.90. The topological polar surface area (TPSA) is 87.5 Å². The average Bonchev–Trinajstić information content (AvgIpc) is 3.07. The Balaban J connectivity index is 1.54. The van der Waals surface area contributed by atoms with Crippen molar-refractivity contribution in [3.63, 3.8) is 0 Å². The summed E-state index contributed by atoms with van der Waals surface area (Å²) in [6, 6.07) is 7.22. The molecule has 0 radical (unpaired) electrons. The maximum absolute atomic E-state index is 12.7. The number of oxazole rings is 1. The number of nitrogens with one attached hydrogen (secondary N) is 2. The fourth-order valence-corrected chi connectivity index (χ4v) is 3.50. The number of aromatic nitrogens is 1. The van der Waals surface area contributed by atoms with Crippen LogP contribution >= 0.6 is 11.8 Å². The number of hydrogen-bond acceptors (Lipinski definition) is 5. The van der Waals surface area contributed by atoms with Crippen LogP contribution in [0.2, 0.25) is 0 Å². The molecule has 0 bridgehead atoms. The molecule has 150 valence electrons. The van der Waals surface area contributed by atoms with E-state index in [1.165, 1.54) is 0 Å². The molecule has 0 aliphatic carbocycles. The Morgan fingerprint density at radius 1 is 1.25 bits per heavy atom. The summed E-state index contributed by atoms with van der Waals surface area (Å²) in [5.74, 6) is 1.35. The Bertz CT molecular complexity index is 826. The molecule has 3 rings (SSSR count). The fraction of sp³-hybridized carbons (Fsp3) is 0.450. The van der Waals surface area contributed by atoms with E-state index in [9.17, 15) is 9.59 Å². The minimum Gasteiger partial charge on any atom is -0.443 e. The third-order valence-corrected chi connectivity index (χ3v) is 5.61. The van der Waals surface area contributed by atoms with Crippen LogP contribution in [0.25, 0.3) is 0 Å². The molecule has 1 aliphatic heterocycles. The SMILES string of the molecule is CSc1ccc(NC(=O)NCc2nc(C(=O)N3CCC(C)CC3)c(C)o2)cc1. The zero-order valence-electron chi connectivity index (χ0n) is 16.4. The van der Waals surface area contributed by atoms with Crippen molar-refractivity contribution in [2.24, 2.45) is 5.92 Å². The lowest BCUT2D eigenvalue weighted by molar-refractivity contribution is 0.0690. The zero-order chi connectivity index (χ0) is 20.1. The summed E-state index contributed by atoms with van der Waals surface area (Å²) in [7, 11) is 0. The van der Waals surface area contributed by atoms with Gasteiger partial charge in [-0.1, -0.05) is 6.92 Å². The first-order chi connectivity index (χ1) is 13.5. The molecule has 1 saturated heterocycles. The van der Waals surface area contributed by atoms with Crippen LogP contribution in [0.3, 0.4) is 0 Å². The standard InChI is InChI=1S/C20H26N4O3S/c1-13-8-10-24(11-9-13)19(25)18-14(2)27-17(23-18)12-21-20(26)22-15-4-6-16(28-3)7-5-15/h4-7,13H,8-12H2,1-3H3,(H2,21,22,26). The highest BCUT2D eigenvalue weighted by atomic mass is 32.2. The molecule has 1 aliphatic rings. The van der Waals surface area contributed by atoms with Crippen molar-refractivity contribution in [1.29, 1.82) is 0 Å². The highest BCUT2D eigenvalue weighted by Crippen LogP contribution is 2.20. The van der Waals surface area contributed by atoms with Crippen molar-refractivity contribution in [3.05, 3.63) is 41.6 Å². The molecule has 0 spiro atoms. The Labute approximate surface area is 169 Å². The van der Waals surface area contributed by atoms with Crippen LogP contribution in [-0.2, 0) is 6.54 Å². The van der Waals surface area contributed by atoms with Gasteiger partial charge in [0.25, 0.3) is 5.91 Å². The van der Waals surface area contributed by atoms with Crippen molar-refractivity contribution >= 4 is 29.4 Å². The van der Waals surface area contributed by atoms with Crippen LogP contribution < -0.4 is 10.6 Å². The fourth-order valence-electron chi connectivity index (χ4n) is 3.09. The van der Waals surface area contributed by atoms with E-state index >= 15 is 0 Å². The Morgan fingerprint density at radius 3 is 2.57 bits per heavy atom. The maximum atomic E-state index is 12.7. The van der Waals surface area contributed by atoms with E-state index in [4.69, 9.17) is 4.42 Å². The van der Waals surface area contributed by atoms with Crippen LogP contribution in [0.15, 0.2) is 33.6 Å². The average molecular weight is 403 g/mol. The van der Waals surface area contributed by atoms with Crippen LogP contribution in [0.1, 0.15) is 41.9 Å². The molecule has 0 unspecified atom stereocenters. The van der Waals surface area contributed by atoms with Crippen molar-refractivity contribution in [1.82, 2.24) is 15.2 Å². The van der Waals surface area contributed by atoms with Crippen LogP contribution in [0.4, 0.5) is 10.5 Å². The van der Waals surface area contributed by atoms with Crippen molar-refractivity contribution in [2.45, 2.75) is 38.1 Å². The largest absolute Gasteiger partial charge is 0.443 e. The third-order valence-electron chi connectivity index (χ3n) is 4.86. The van der Waals surface area contributed by atoms with E-state index in [1.54, 1.807) is 18.7 Å². The van der Waals surface area contributed by atoms with E-state index in [0.29, 0.717) is 29.0 Å². The summed E-state index contributed by atoms with van der Waals surface area (Å²) in [5.41, 5.74) is 1.04. The predicted molar refractivity (Wildman–Crippen MR) is 110 cm³/mol. The van der Waals surface area contributed by atoms with Gasteiger partial charge < -0.3 is 20.0 Å². The van der Waals surface area contributed by atoms with Gasteiger partial charge >= 0.3 is 6.03 Å². The highest BCUT2D eigenvalue weighted by molar-refractivity contribution is 7.98. The number of piperidine rings is 1. The number of anilines is 1. The number of urea groups is 1. The molecular weight excluding hydrogens is 376 g/mol. The number of carbonyl (C=O) groups is 2. The number of amides is 3. The number of thioether (sulfide) groups is 1. The zero-order valence-corrected chi connectivity index (χ0v) is 17.3. The van der Waals surface area contributed by atoms with E-state index < -0.39 is 0 Å². The molecule has 2 N–H and O–H groups in total. The van der Waals surface area contributed by atoms with Gasteiger partial charge in [-0.3, -0.25) is 4.79 Å². The number of aryl methyl sites for hydroxylation is 1. The Hall–Kier alpha value is -2.48. The third kappa shape index (κ3) is 5.07. The lowest BCUT2D eigenvalue weighted by Crippen LogP contribution is -2.38. The first-order valence-electron chi connectivity index (χ1n) is 9.40. The van der Waals surface area contributed by atoms with Crippen LogP contribution in [0.5, 0.6) is 0 Å². The number of likely N-dealkylation sites (tertiary alicyclic amines) is 1. The molecule has 2 heterocycles. The van der Waals surface area contributed by atoms with Crippen LogP contribution in [0, 0.1) is 12.8 Å². The molecule has 2 aromatic rings. The molecule has 28 heavy (non-hydrogen) atoms. The normalized spacial score (nSPS) is 14.8. The quantitative estimate of drug-likeness (QED) is 0.741. The van der Waals surface area contributed by atoms with Crippen molar-refractivity contribution in [2.75, 3.05) is 24.7 Å². The van der Waals surface area contributed by atoms with E-state index in [0.717, 1.165) is 30.8 Å². The number of hydrogen-bond donors (Lipinski definition) is 2. The van der Waals surface area contributed by atoms with Gasteiger partial charge in [0.15, 0.2) is 5.69 Å². The van der Waals surface area contributed by atoms with Gasteiger partial charge in [-0.15, -0.1) is 11.8 Å². The molecule has 7 nitrogen and oxygen atoms in total. The number of carbonyl (C=O) groups excluding carboxylic acids is 2. The summed E-state index contributed by atoms with van der Waals surface area (Å²) in [4.78, 5) is 32.0. The smallest absolute Gasteiger partial charge is 0.319 e. The highest BCUT2D eigenvalue weighted by Gasteiger charge is 2.26. The minimum absolute atomic E-state index is 0.0993. The van der Waals surface area contributed by atoms with Crippen LogP contribution in [-0.4, -0.2) is 41.2 Å². The molecule has 0 atom stereocenters. The van der Waals surface area contributed by atoms with E-state index in [2.05, 4.69) is 22.5 Å². The summed E-state index contributed by atoms with van der Waals surface area (Å²) >= 11 is 1.64. The second-order valence-corrected chi connectivity index (χ2v) is 7.90. The first-order valence-corrected chi connectivity index (χ1v) is 10.6. The Kier molecular flexibility index (Phi) is 6.61. The summed E-state index contributed by atoms with van der Waals surface area (Å²) in [5, 5.41) is 5.46. The Morgan fingerprint density at radius 2 is 1.93 bits per heavy atom. The van der Waals surface area contributed by atoms with Gasteiger partial charge in [-0.05, 0) is 56.2 Å². The van der Waals surface area contributed by atoms with Gasteiger partial charge in [0, 0.05) is 23.7 Å². The molecule has 8 heteroatoms. The summed E-state index contributed by atoms with van der Waals surface area (Å²) in [6.07, 6.45) is 4.02. The summed E-state index contributed by atoms with van der Waals surface area (Å²) < 4.78 is 5.57. The van der Waals surface area contributed by atoms with Gasteiger partial charge in [0.05, 0.1) is 6.54 Å². The van der Waals surface area contributed by atoms with Gasteiger partial charge in [-0.2, -0.15) is 0 Å². The number of nitrogens with zero attached hydrogens (tertiary/aromatic N) is 2. The van der Waals surface area contributed by atoms with Gasteiger partial charge in [-0.25, -0.2) is 9.78 Å². The maximum Gasteiger partial charge on any atom is 0.319 e. The molecule has 3 amide bonds. The lowest BCUT2D eigenvalue weighted by atomic mass is 9.99. The van der Waals surface area contributed by atoms with E-state index in [1.807, 2.05) is 35.4 Å². The minimum atomic E-state index is -0.356.